The minimum atomic E-state index is -0.707. The summed E-state index contributed by atoms with van der Waals surface area (Å²) in [6.07, 6.45) is 1.74. The number of piperazine rings is 1. The maximum Gasteiger partial charge on any atom is 0.297 e. The zero-order valence-corrected chi connectivity index (χ0v) is 18.5. The summed E-state index contributed by atoms with van der Waals surface area (Å²) in [4.78, 5) is 38.1. The van der Waals surface area contributed by atoms with Gasteiger partial charge in [-0.1, -0.05) is 18.2 Å². The number of pyridine rings is 1. The average Bonchev–Trinajstić information content (AvgIpc) is 2.84. The van der Waals surface area contributed by atoms with Crippen molar-refractivity contribution >= 4 is 17.7 Å². The van der Waals surface area contributed by atoms with Crippen molar-refractivity contribution in [2.45, 2.75) is 13.5 Å². The summed E-state index contributed by atoms with van der Waals surface area (Å²) >= 11 is 0. The highest BCUT2D eigenvalue weighted by Gasteiger charge is 2.25. The fourth-order valence-electron chi connectivity index (χ4n) is 3.78. The van der Waals surface area contributed by atoms with Crippen LogP contribution in [0.5, 0.6) is 5.75 Å². The third-order valence-corrected chi connectivity index (χ3v) is 5.67. The Kier molecular flexibility index (Phi) is 6.25. The zero-order chi connectivity index (χ0) is 23.5. The number of nitrogens with one attached hydrogen (secondary N) is 1. The Morgan fingerprint density at radius 2 is 1.88 bits per heavy atom. The van der Waals surface area contributed by atoms with Crippen LogP contribution in [0.2, 0.25) is 0 Å². The molecule has 0 radical (unpaired) electrons. The van der Waals surface area contributed by atoms with Crippen molar-refractivity contribution in [3.05, 3.63) is 75.6 Å². The predicted octanol–water partition coefficient (Wildman–Crippen LogP) is 1.59. The van der Waals surface area contributed by atoms with Crippen LogP contribution in [-0.4, -0.2) is 51.7 Å². The van der Waals surface area contributed by atoms with Crippen molar-refractivity contribution in [3.63, 3.8) is 0 Å². The summed E-state index contributed by atoms with van der Waals surface area (Å²) in [6.45, 7) is 4.21. The van der Waals surface area contributed by atoms with Crippen molar-refractivity contribution in [1.29, 1.82) is 0 Å². The number of aromatic nitrogens is 3. The smallest absolute Gasteiger partial charge is 0.297 e. The molecule has 1 saturated heterocycles. The van der Waals surface area contributed by atoms with Gasteiger partial charge >= 0.3 is 0 Å². The predicted molar refractivity (Wildman–Crippen MR) is 122 cm³/mol. The van der Waals surface area contributed by atoms with Gasteiger partial charge in [-0.15, -0.1) is 0 Å². The molecule has 1 fully saturated rings. The molecule has 172 valence electrons. The number of hydrogen-bond donors (Lipinski definition) is 2. The third-order valence-electron chi connectivity index (χ3n) is 5.67. The Morgan fingerprint density at radius 1 is 1.15 bits per heavy atom. The molecule has 1 aliphatic heterocycles. The van der Waals surface area contributed by atoms with E-state index in [1.807, 2.05) is 23.1 Å². The lowest BCUT2D eigenvalue weighted by molar-refractivity contribution is 0.0942. The molecule has 0 saturated carbocycles. The quantitative estimate of drug-likeness (QED) is 0.606. The van der Waals surface area contributed by atoms with Gasteiger partial charge in [-0.05, 0) is 36.2 Å². The molecule has 4 rings (SSSR count). The fourth-order valence-corrected chi connectivity index (χ4v) is 3.78. The van der Waals surface area contributed by atoms with Crippen LogP contribution in [0.15, 0.2) is 47.4 Å². The number of halogens is 1. The lowest BCUT2D eigenvalue weighted by Crippen LogP contribution is -2.48. The Labute approximate surface area is 190 Å². The summed E-state index contributed by atoms with van der Waals surface area (Å²) in [5.74, 6) is -0.535. The zero-order valence-electron chi connectivity index (χ0n) is 18.5. The van der Waals surface area contributed by atoms with Gasteiger partial charge in [0, 0.05) is 46.0 Å². The number of benzene rings is 1. The Balaban J connectivity index is 1.51. The lowest BCUT2D eigenvalue weighted by atomic mass is 10.1. The number of hydrogen-bond acceptors (Lipinski definition) is 7. The second kappa shape index (κ2) is 9.27. The highest BCUT2D eigenvalue weighted by atomic mass is 19.1. The molecule has 3 aromatic rings. The van der Waals surface area contributed by atoms with Crippen molar-refractivity contribution in [2.75, 3.05) is 36.0 Å². The van der Waals surface area contributed by atoms with Crippen LogP contribution in [0.25, 0.3) is 0 Å². The number of carbonyl (C=O) groups is 1. The van der Waals surface area contributed by atoms with E-state index in [9.17, 15) is 19.1 Å². The van der Waals surface area contributed by atoms with Gasteiger partial charge in [0.05, 0.1) is 0 Å². The molecule has 10 heteroatoms. The molecule has 2 N–H and O–H groups in total. The van der Waals surface area contributed by atoms with Crippen molar-refractivity contribution < 1.29 is 14.3 Å². The van der Waals surface area contributed by atoms with E-state index in [4.69, 9.17) is 0 Å². The first-order valence-electron chi connectivity index (χ1n) is 10.6. The fraction of sp³-hybridized carbons (Fsp3) is 0.304. The number of nitrogens with zero attached hydrogens (tertiary/aromatic N) is 5. The number of rotatable bonds is 5. The van der Waals surface area contributed by atoms with Crippen LogP contribution < -0.4 is 20.7 Å². The van der Waals surface area contributed by atoms with Gasteiger partial charge in [0.2, 0.25) is 11.7 Å². The molecule has 1 aromatic carbocycles. The van der Waals surface area contributed by atoms with Crippen molar-refractivity contribution in [3.8, 4) is 5.75 Å². The third kappa shape index (κ3) is 4.64. The SMILES string of the molecule is Cc1cc(CNC(=O)c2nc(N3CCN(c4ccccn4)CC3)n(C)c(=O)c2O)ccc1F. The standard InChI is InChI=1S/C23H25FN6O3/c1-15-13-16(6-7-17(15)24)14-26-21(32)19-20(31)22(33)28(2)23(27-19)30-11-9-29(10-12-30)18-5-3-4-8-25-18/h3-8,13,31H,9-12,14H2,1-2H3,(H,26,32). The summed E-state index contributed by atoms with van der Waals surface area (Å²) in [5, 5.41) is 12.9. The minimum Gasteiger partial charge on any atom is -0.501 e. The van der Waals surface area contributed by atoms with E-state index in [0.717, 1.165) is 5.82 Å². The van der Waals surface area contributed by atoms with Gasteiger partial charge in [-0.2, -0.15) is 0 Å². The second-order valence-corrected chi connectivity index (χ2v) is 7.90. The molecule has 0 aliphatic carbocycles. The topological polar surface area (TPSA) is 104 Å². The van der Waals surface area contributed by atoms with Crippen LogP contribution in [0.3, 0.4) is 0 Å². The minimum absolute atomic E-state index is 0.106. The summed E-state index contributed by atoms with van der Waals surface area (Å²) in [7, 11) is 1.51. The van der Waals surface area contributed by atoms with E-state index in [1.165, 1.54) is 17.7 Å². The molecule has 0 atom stereocenters. The first kappa shape index (κ1) is 22.3. The van der Waals surface area contributed by atoms with Crippen LogP contribution in [-0.2, 0) is 13.6 Å². The largest absolute Gasteiger partial charge is 0.501 e. The Bertz CT molecular complexity index is 1220. The summed E-state index contributed by atoms with van der Waals surface area (Å²) in [6, 6.07) is 10.2. The average molecular weight is 452 g/mol. The number of aromatic hydroxyl groups is 1. The Hall–Kier alpha value is -3.95. The van der Waals surface area contributed by atoms with Crippen LogP contribution >= 0.6 is 0 Å². The molecule has 1 amide bonds. The maximum atomic E-state index is 13.5. The molecule has 33 heavy (non-hydrogen) atoms. The van der Waals surface area contributed by atoms with Crippen LogP contribution in [0, 0.1) is 12.7 Å². The highest BCUT2D eigenvalue weighted by Crippen LogP contribution is 2.19. The van der Waals surface area contributed by atoms with Gasteiger partial charge in [0.1, 0.15) is 11.6 Å². The molecule has 9 nitrogen and oxygen atoms in total. The van der Waals surface area contributed by atoms with E-state index in [-0.39, 0.29) is 18.1 Å². The molecular weight excluding hydrogens is 427 g/mol. The van der Waals surface area contributed by atoms with Gasteiger partial charge in [0.25, 0.3) is 11.5 Å². The lowest BCUT2D eigenvalue weighted by Gasteiger charge is -2.36. The molecule has 0 unspecified atom stereocenters. The number of aryl methyl sites for hydroxylation is 1. The molecule has 2 aromatic heterocycles. The van der Waals surface area contributed by atoms with Crippen LogP contribution in [0.1, 0.15) is 21.6 Å². The van der Waals surface area contributed by atoms with Gasteiger partial charge in [-0.25, -0.2) is 14.4 Å². The normalized spacial score (nSPS) is 13.8. The molecular formula is C23H25FN6O3. The molecule has 1 aliphatic rings. The summed E-state index contributed by atoms with van der Waals surface area (Å²) in [5.41, 5.74) is 0.119. The van der Waals surface area contributed by atoms with Crippen LogP contribution in [0.4, 0.5) is 16.2 Å². The van der Waals surface area contributed by atoms with Gasteiger partial charge in [-0.3, -0.25) is 14.2 Å². The Morgan fingerprint density at radius 3 is 2.55 bits per heavy atom. The van der Waals surface area contributed by atoms with Gasteiger partial charge < -0.3 is 20.2 Å². The number of carbonyl (C=O) groups excluding carboxylic acids is 1. The molecule has 0 bridgehead atoms. The van der Waals surface area contributed by atoms with Crippen molar-refractivity contribution in [1.82, 2.24) is 19.9 Å². The van der Waals surface area contributed by atoms with Crippen molar-refractivity contribution in [2.24, 2.45) is 7.05 Å². The number of amides is 1. The molecule has 3 heterocycles. The first-order valence-corrected chi connectivity index (χ1v) is 10.6. The second-order valence-electron chi connectivity index (χ2n) is 7.90. The van der Waals surface area contributed by atoms with E-state index < -0.39 is 17.2 Å². The van der Waals surface area contributed by atoms with E-state index in [2.05, 4.69) is 20.2 Å². The molecule has 0 spiro atoms. The summed E-state index contributed by atoms with van der Waals surface area (Å²) < 4.78 is 14.7. The van der Waals surface area contributed by atoms with Gasteiger partial charge in [0.15, 0.2) is 5.69 Å². The monoisotopic (exact) mass is 452 g/mol. The van der Waals surface area contributed by atoms with E-state index in [0.29, 0.717) is 43.3 Å². The first-order chi connectivity index (χ1) is 15.8. The van der Waals surface area contributed by atoms with E-state index >= 15 is 0 Å². The highest BCUT2D eigenvalue weighted by molar-refractivity contribution is 5.95. The number of anilines is 2. The van der Waals surface area contributed by atoms with E-state index in [1.54, 1.807) is 25.3 Å². The maximum absolute atomic E-state index is 13.5.